The van der Waals surface area contributed by atoms with E-state index in [0.717, 1.165) is 6.42 Å². The third kappa shape index (κ3) is 18.9. The molecule has 1 nitrogen and oxygen atoms in total. The predicted molar refractivity (Wildman–Crippen MR) is 99.5 cm³/mol. The maximum Gasteiger partial charge on any atom is 0.104 e. The van der Waals surface area contributed by atoms with E-state index in [-0.39, 0.29) is 6.61 Å². The molecule has 0 bridgehead atoms. The zero-order valence-corrected chi connectivity index (χ0v) is 14.1. The summed E-state index contributed by atoms with van der Waals surface area (Å²) in [5.74, 6) is 40.5. The van der Waals surface area contributed by atoms with Gasteiger partial charge in [-0.05, 0) is 0 Å². The van der Waals surface area contributed by atoms with Crippen molar-refractivity contribution in [3.05, 3.63) is 0 Å². The lowest BCUT2D eigenvalue weighted by molar-refractivity contribution is 0.350. The van der Waals surface area contributed by atoms with Crippen molar-refractivity contribution in [1.82, 2.24) is 0 Å². The molecular formula is C23H20O. The molecule has 0 fully saturated rings. The number of rotatable bonds is 0. The smallest absolute Gasteiger partial charge is 0.104 e. The number of aliphatic hydroxyl groups is 1. The van der Waals surface area contributed by atoms with E-state index in [4.69, 9.17) is 5.11 Å². The molecule has 24 heavy (non-hydrogen) atoms. The van der Waals surface area contributed by atoms with Crippen LogP contribution in [0.25, 0.3) is 0 Å². The molecule has 0 aromatic rings. The summed E-state index contributed by atoms with van der Waals surface area (Å²) < 4.78 is 0. The van der Waals surface area contributed by atoms with E-state index in [2.05, 4.69) is 82.9 Å². The van der Waals surface area contributed by atoms with Crippen LogP contribution in [0.5, 0.6) is 0 Å². The largest absolute Gasteiger partial charge is 0.384 e. The van der Waals surface area contributed by atoms with Crippen LogP contribution in [0.3, 0.4) is 0 Å². The Morgan fingerprint density at radius 1 is 0.417 bits per heavy atom. The normalized spacial score (nSPS) is 6.58. The van der Waals surface area contributed by atoms with Gasteiger partial charge in [0.05, 0.1) is 38.5 Å². The molecule has 0 unspecified atom stereocenters. The van der Waals surface area contributed by atoms with Crippen molar-refractivity contribution in [2.45, 2.75) is 51.9 Å². The second-order valence-electron chi connectivity index (χ2n) is 4.05. The summed E-state index contributed by atoms with van der Waals surface area (Å²) in [6, 6.07) is 0. The van der Waals surface area contributed by atoms with Crippen LogP contribution >= 0.6 is 0 Å². The van der Waals surface area contributed by atoms with Crippen molar-refractivity contribution in [2.24, 2.45) is 0 Å². The van der Waals surface area contributed by atoms with Crippen LogP contribution < -0.4 is 0 Å². The van der Waals surface area contributed by atoms with E-state index in [1.54, 1.807) is 0 Å². The van der Waals surface area contributed by atoms with Crippen LogP contribution in [0.4, 0.5) is 0 Å². The Kier molecular flexibility index (Phi) is 17.3. The SMILES string of the molecule is CCC#CCC#CCC#CCC#CCC#CCC#CCC#CCO. The lowest BCUT2D eigenvalue weighted by Crippen LogP contribution is -1.70. The first-order chi connectivity index (χ1) is 11.9. The van der Waals surface area contributed by atoms with Crippen LogP contribution in [0.15, 0.2) is 0 Å². The minimum absolute atomic E-state index is 0.119. The quantitative estimate of drug-likeness (QED) is 0.682. The van der Waals surface area contributed by atoms with Gasteiger partial charge >= 0.3 is 0 Å². The maximum atomic E-state index is 8.44. The van der Waals surface area contributed by atoms with Crippen molar-refractivity contribution in [2.75, 3.05) is 6.61 Å². The van der Waals surface area contributed by atoms with Gasteiger partial charge in [-0.1, -0.05) is 83.9 Å². The number of hydrogen-bond acceptors (Lipinski definition) is 1. The van der Waals surface area contributed by atoms with Crippen LogP contribution in [0.1, 0.15) is 51.9 Å². The molecule has 0 saturated heterocycles. The Hall–Kier alpha value is -3.12. The molecule has 0 aromatic heterocycles. The molecule has 0 aliphatic heterocycles. The van der Waals surface area contributed by atoms with Crippen LogP contribution in [0.2, 0.25) is 0 Å². The minimum atomic E-state index is -0.119. The van der Waals surface area contributed by atoms with Gasteiger partial charge in [0.25, 0.3) is 0 Å². The highest BCUT2D eigenvalue weighted by Crippen LogP contribution is 1.80. The monoisotopic (exact) mass is 312 g/mol. The second kappa shape index (κ2) is 19.9. The predicted octanol–water partition coefficient (Wildman–Crippen LogP) is 2.75. The van der Waals surface area contributed by atoms with Gasteiger partial charge in [0, 0.05) is 6.42 Å². The molecule has 1 N–H and O–H groups in total. The lowest BCUT2D eigenvalue weighted by Gasteiger charge is -1.75. The van der Waals surface area contributed by atoms with Crippen molar-refractivity contribution >= 4 is 0 Å². The summed E-state index contributed by atoms with van der Waals surface area (Å²) in [6.45, 7) is 1.90. The first-order valence-corrected chi connectivity index (χ1v) is 7.72. The highest BCUT2D eigenvalue weighted by Gasteiger charge is 1.71. The molecular weight excluding hydrogens is 292 g/mol. The maximum absolute atomic E-state index is 8.44. The zero-order chi connectivity index (χ0) is 17.6. The second-order valence-corrected chi connectivity index (χ2v) is 4.05. The molecule has 1 heteroatoms. The summed E-state index contributed by atoms with van der Waals surface area (Å²) in [5, 5.41) is 8.44. The van der Waals surface area contributed by atoms with Crippen LogP contribution in [0, 0.1) is 82.9 Å². The topological polar surface area (TPSA) is 20.2 Å². The molecule has 0 rings (SSSR count). The third-order valence-electron chi connectivity index (χ3n) is 2.19. The molecule has 0 radical (unpaired) electrons. The molecule has 0 heterocycles. The Bertz CT molecular complexity index is 711. The molecule has 0 atom stereocenters. The molecule has 0 spiro atoms. The van der Waals surface area contributed by atoms with Gasteiger partial charge in [0.15, 0.2) is 0 Å². The van der Waals surface area contributed by atoms with Gasteiger partial charge in [0.2, 0.25) is 0 Å². The van der Waals surface area contributed by atoms with E-state index >= 15 is 0 Å². The molecule has 0 saturated carbocycles. The molecule has 0 amide bonds. The molecule has 0 aliphatic rings. The van der Waals surface area contributed by atoms with Crippen molar-refractivity contribution in [3.8, 4) is 82.9 Å². The minimum Gasteiger partial charge on any atom is -0.384 e. The van der Waals surface area contributed by atoms with E-state index < -0.39 is 0 Å². The van der Waals surface area contributed by atoms with Crippen LogP contribution in [-0.2, 0) is 0 Å². The highest BCUT2D eigenvalue weighted by atomic mass is 16.2. The molecule has 0 aliphatic carbocycles. The summed E-state index contributed by atoms with van der Waals surface area (Å²) in [7, 11) is 0. The summed E-state index contributed by atoms with van der Waals surface area (Å²) >= 11 is 0. The van der Waals surface area contributed by atoms with E-state index in [0.29, 0.717) is 38.5 Å². The van der Waals surface area contributed by atoms with Crippen molar-refractivity contribution < 1.29 is 5.11 Å². The van der Waals surface area contributed by atoms with Crippen molar-refractivity contribution in [3.63, 3.8) is 0 Å². The van der Waals surface area contributed by atoms with Gasteiger partial charge in [-0.15, -0.1) is 5.92 Å². The number of aliphatic hydroxyl groups excluding tert-OH is 1. The zero-order valence-electron chi connectivity index (χ0n) is 14.1. The first kappa shape index (κ1) is 20.9. The summed E-state index contributed by atoms with van der Waals surface area (Å²) in [4.78, 5) is 0. The van der Waals surface area contributed by atoms with E-state index in [9.17, 15) is 0 Å². The molecule has 0 aromatic carbocycles. The fourth-order valence-corrected chi connectivity index (χ4v) is 1.20. The summed E-state index contributed by atoms with van der Waals surface area (Å²) in [5.41, 5.74) is 0. The van der Waals surface area contributed by atoms with Gasteiger partial charge in [-0.25, -0.2) is 0 Å². The molecule has 118 valence electrons. The Labute approximate surface area is 147 Å². The van der Waals surface area contributed by atoms with Gasteiger partial charge in [0.1, 0.15) is 6.61 Å². The number of hydrogen-bond donors (Lipinski definition) is 1. The average Bonchev–Trinajstić information content (AvgIpc) is 2.60. The van der Waals surface area contributed by atoms with Crippen molar-refractivity contribution in [1.29, 1.82) is 0 Å². The Balaban J connectivity index is 3.76. The lowest BCUT2D eigenvalue weighted by atomic mass is 10.3. The van der Waals surface area contributed by atoms with Gasteiger partial charge < -0.3 is 5.11 Å². The van der Waals surface area contributed by atoms with Crippen LogP contribution in [-0.4, -0.2) is 11.7 Å². The van der Waals surface area contributed by atoms with E-state index in [1.807, 2.05) is 6.92 Å². The average molecular weight is 312 g/mol. The standard InChI is InChI=1S/C23H20O/c1-2-3-4-5-6-7-8-9-10-11-12-13-14-15-16-17-18-19-20-21-22-23-24/h24H,2,5,8,11,14,17,20,23H2,1H3. The van der Waals surface area contributed by atoms with Gasteiger partial charge in [-0.2, -0.15) is 0 Å². The van der Waals surface area contributed by atoms with E-state index in [1.165, 1.54) is 0 Å². The highest BCUT2D eigenvalue weighted by molar-refractivity contribution is 5.21. The Morgan fingerprint density at radius 3 is 0.917 bits per heavy atom. The third-order valence-corrected chi connectivity index (χ3v) is 2.19. The Morgan fingerprint density at radius 2 is 0.667 bits per heavy atom. The fourth-order valence-electron chi connectivity index (χ4n) is 1.20. The summed E-state index contributed by atoms with van der Waals surface area (Å²) in [6.07, 6.45) is 4.12. The fraction of sp³-hybridized carbons (Fsp3) is 0.391. The first-order valence-electron chi connectivity index (χ1n) is 7.72. The van der Waals surface area contributed by atoms with Gasteiger partial charge in [-0.3, -0.25) is 0 Å².